The first-order valence-corrected chi connectivity index (χ1v) is 11.5. The summed E-state index contributed by atoms with van der Waals surface area (Å²) in [7, 11) is 4.74. The second-order valence-corrected chi connectivity index (χ2v) is 8.64. The van der Waals surface area contributed by atoms with E-state index < -0.39 is 0 Å². The zero-order valence-electron chi connectivity index (χ0n) is 19.9. The van der Waals surface area contributed by atoms with Gasteiger partial charge in [-0.25, -0.2) is 4.79 Å². The minimum atomic E-state index is -0.363. The van der Waals surface area contributed by atoms with Gasteiger partial charge in [-0.15, -0.1) is 0 Å². The van der Waals surface area contributed by atoms with Gasteiger partial charge in [0.2, 0.25) is 0 Å². The SMILES string of the molecule is COc1ccc(C[C@H]2COC(=O)[C@@H]2Cc2ccc(OC(=O)N3CCCC3)c(OC)c2)cc1OC. The normalized spacial score (nSPS) is 19.6. The van der Waals surface area contributed by atoms with E-state index in [0.717, 1.165) is 24.0 Å². The third-order valence-corrected chi connectivity index (χ3v) is 6.50. The molecule has 0 aliphatic carbocycles. The summed E-state index contributed by atoms with van der Waals surface area (Å²) in [6, 6.07) is 11.2. The standard InChI is InChI=1S/C26H31NO7/c1-30-21-8-6-17(14-23(21)31-2)12-19-16-33-25(28)20(19)13-18-7-9-22(24(15-18)32-3)34-26(29)27-10-4-5-11-27/h6-9,14-15,19-20H,4-5,10-13,16H2,1-3H3/t19-,20+/m0/s1. The molecule has 0 unspecified atom stereocenters. The highest BCUT2D eigenvalue weighted by molar-refractivity contribution is 5.75. The zero-order valence-corrected chi connectivity index (χ0v) is 19.9. The molecule has 4 rings (SSSR count). The van der Waals surface area contributed by atoms with Crippen molar-refractivity contribution in [2.75, 3.05) is 41.0 Å². The summed E-state index contributed by atoms with van der Waals surface area (Å²) in [6.07, 6.45) is 2.81. The van der Waals surface area contributed by atoms with Crippen LogP contribution in [0.5, 0.6) is 23.0 Å². The fraction of sp³-hybridized carbons (Fsp3) is 0.462. The lowest BCUT2D eigenvalue weighted by Gasteiger charge is -2.18. The third kappa shape index (κ3) is 5.21. The van der Waals surface area contributed by atoms with Crippen molar-refractivity contribution in [1.29, 1.82) is 0 Å². The fourth-order valence-electron chi connectivity index (χ4n) is 4.60. The average molecular weight is 470 g/mol. The van der Waals surface area contributed by atoms with Crippen LogP contribution in [0.25, 0.3) is 0 Å². The predicted molar refractivity (Wildman–Crippen MR) is 125 cm³/mol. The Morgan fingerprint density at radius 1 is 0.882 bits per heavy atom. The van der Waals surface area contributed by atoms with Crippen molar-refractivity contribution in [3.8, 4) is 23.0 Å². The number of carbonyl (C=O) groups excluding carboxylic acids is 2. The largest absolute Gasteiger partial charge is 0.493 e. The number of hydrogen-bond donors (Lipinski definition) is 0. The highest BCUT2D eigenvalue weighted by Crippen LogP contribution is 2.35. The maximum Gasteiger partial charge on any atom is 0.415 e. The Morgan fingerprint density at radius 2 is 1.47 bits per heavy atom. The Hall–Kier alpha value is -3.42. The predicted octanol–water partition coefficient (Wildman–Crippen LogP) is 3.88. The summed E-state index contributed by atoms with van der Waals surface area (Å²) in [5, 5.41) is 0. The van der Waals surface area contributed by atoms with Gasteiger partial charge in [0.25, 0.3) is 0 Å². The van der Waals surface area contributed by atoms with Gasteiger partial charge < -0.3 is 28.6 Å². The lowest BCUT2D eigenvalue weighted by Crippen LogP contribution is -2.30. The Kier molecular flexibility index (Phi) is 7.45. The zero-order chi connectivity index (χ0) is 24.1. The van der Waals surface area contributed by atoms with Crippen LogP contribution in [-0.4, -0.2) is 58.0 Å². The fourth-order valence-corrected chi connectivity index (χ4v) is 4.60. The highest BCUT2D eigenvalue weighted by Gasteiger charge is 2.37. The monoisotopic (exact) mass is 469 g/mol. The minimum Gasteiger partial charge on any atom is -0.493 e. The van der Waals surface area contributed by atoms with E-state index in [1.807, 2.05) is 30.3 Å². The minimum absolute atomic E-state index is 0.0317. The number of hydrogen-bond acceptors (Lipinski definition) is 7. The molecule has 2 aromatic rings. The van der Waals surface area contributed by atoms with Crippen LogP contribution in [0, 0.1) is 11.8 Å². The van der Waals surface area contributed by atoms with E-state index in [4.69, 9.17) is 23.7 Å². The van der Waals surface area contributed by atoms with Gasteiger partial charge in [0.15, 0.2) is 23.0 Å². The highest BCUT2D eigenvalue weighted by atomic mass is 16.6. The molecule has 1 amide bonds. The van der Waals surface area contributed by atoms with Crippen LogP contribution >= 0.6 is 0 Å². The summed E-state index contributed by atoms with van der Waals surface area (Å²) in [4.78, 5) is 26.6. The quantitative estimate of drug-likeness (QED) is 0.543. The number of benzene rings is 2. The summed E-state index contributed by atoms with van der Waals surface area (Å²) in [5.74, 6) is 1.71. The number of cyclic esters (lactones) is 1. The van der Waals surface area contributed by atoms with Crippen LogP contribution in [0.3, 0.4) is 0 Å². The molecule has 0 bridgehead atoms. The van der Waals surface area contributed by atoms with E-state index in [1.54, 1.807) is 25.2 Å². The Balaban J connectivity index is 1.45. The molecule has 2 aliphatic heterocycles. The second-order valence-electron chi connectivity index (χ2n) is 8.64. The second kappa shape index (κ2) is 10.7. The van der Waals surface area contributed by atoms with E-state index in [-0.39, 0.29) is 23.9 Å². The van der Waals surface area contributed by atoms with Gasteiger partial charge in [-0.2, -0.15) is 0 Å². The molecule has 2 aliphatic rings. The van der Waals surface area contributed by atoms with Gasteiger partial charge in [-0.05, 0) is 61.1 Å². The molecular formula is C26H31NO7. The van der Waals surface area contributed by atoms with Crippen molar-refractivity contribution >= 4 is 12.1 Å². The Morgan fingerprint density at radius 3 is 2.12 bits per heavy atom. The van der Waals surface area contributed by atoms with Gasteiger partial charge in [0, 0.05) is 19.0 Å². The van der Waals surface area contributed by atoms with Crippen LogP contribution < -0.4 is 18.9 Å². The van der Waals surface area contributed by atoms with Gasteiger partial charge >= 0.3 is 12.1 Å². The van der Waals surface area contributed by atoms with Gasteiger partial charge in [0.05, 0.1) is 33.9 Å². The van der Waals surface area contributed by atoms with Crippen molar-refractivity contribution in [3.05, 3.63) is 47.5 Å². The number of esters is 1. The lowest BCUT2D eigenvalue weighted by molar-refractivity contribution is -0.141. The first-order valence-electron chi connectivity index (χ1n) is 11.5. The molecular weight excluding hydrogens is 438 g/mol. The molecule has 182 valence electrons. The molecule has 34 heavy (non-hydrogen) atoms. The molecule has 0 spiro atoms. The van der Waals surface area contributed by atoms with Gasteiger partial charge in [-0.3, -0.25) is 4.79 Å². The molecule has 2 heterocycles. The van der Waals surface area contributed by atoms with Crippen LogP contribution in [0.4, 0.5) is 4.79 Å². The molecule has 2 saturated heterocycles. The molecule has 0 radical (unpaired) electrons. The molecule has 8 nitrogen and oxygen atoms in total. The van der Waals surface area contributed by atoms with E-state index in [0.29, 0.717) is 55.5 Å². The van der Waals surface area contributed by atoms with E-state index >= 15 is 0 Å². The first-order chi connectivity index (χ1) is 16.5. The van der Waals surface area contributed by atoms with Crippen molar-refractivity contribution in [1.82, 2.24) is 4.90 Å². The first kappa shape index (κ1) is 23.7. The van der Waals surface area contributed by atoms with E-state index in [2.05, 4.69) is 0 Å². The molecule has 2 aromatic carbocycles. The lowest BCUT2D eigenvalue weighted by atomic mass is 9.85. The number of rotatable bonds is 8. The summed E-state index contributed by atoms with van der Waals surface area (Å²) in [5.41, 5.74) is 1.96. The summed E-state index contributed by atoms with van der Waals surface area (Å²) in [6.45, 7) is 1.80. The Bertz CT molecular complexity index is 1030. The summed E-state index contributed by atoms with van der Waals surface area (Å²) >= 11 is 0. The van der Waals surface area contributed by atoms with Crippen LogP contribution in [0.15, 0.2) is 36.4 Å². The number of amides is 1. The Labute approximate surface area is 199 Å². The number of carbonyl (C=O) groups is 2. The molecule has 0 saturated carbocycles. The molecule has 0 aromatic heterocycles. The number of methoxy groups -OCH3 is 3. The van der Waals surface area contributed by atoms with Crippen molar-refractivity contribution < 1.29 is 33.3 Å². The van der Waals surface area contributed by atoms with Crippen LogP contribution in [-0.2, 0) is 22.4 Å². The van der Waals surface area contributed by atoms with Crippen LogP contribution in [0.2, 0.25) is 0 Å². The maximum absolute atomic E-state index is 12.5. The summed E-state index contributed by atoms with van der Waals surface area (Å²) < 4.78 is 27.2. The van der Waals surface area contributed by atoms with Crippen molar-refractivity contribution in [3.63, 3.8) is 0 Å². The molecule has 0 N–H and O–H groups in total. The smallest absolute Gasteiger partial charge is 0.415 e. The van der Waals surface area contributed by atoms with Crippen LogP contribution in [0.1, 0.15) is 24.0 Å². The average Bonchev–Trinajstić information content (AvgIpc) is 3.51. The third-order valence-electron chi connectivity index (χ3n) is 6.50. The number of ether oxygens (including phenoxy) is 5. The molecule has 2 fully saturated rings. The van der Waals surface area contributed by atoms with Gasteiger partial charge in [-0.1, -0.05) is 12.1 Å². The number of likely N-dealkylation sites (tertiary alicyclic amines) is 1. The van der Waals surface area contributed by atoms with Crippen molar-refractivity contribution in [2.45, 2.75) is 25.7 Å². The molecule has 8 heteroatoms. The van der Waals surface area contributed by atoms with E-state index in [1.165, 1.54) is 7.11 Å². The molecule has 2 atom stereocenters. The number of nitrogens with zero attached hydrogens (tertiary/aromatic N) is 1. The van der Waals surface area contributed by atoms with E-state index in [9.17, 15) is 9.59 Å². The topological polar surface area (TPSA) is 83.5 Å². The van der Waals surface area contributed by atoms with Crippen molar-refractivity contribution in [2.24, 2.45) is 11.8 Å². The maximum atomic E-state index is 12.5. The van der Waals surface area contributed by atoms with Gasteiger partial charge in [0.1, 0.15) is 0 Å².